The van der Waals surface area contributed by atoms with Crippen LogP contribution in [0.25, 0.3) is 0 Å². The van der Waals surface area contributed by atoms with E-state index in [1.165, 1.54) is 6.08 Å². The highest BCUT2D eigenvalue weighted by atomic mass is 32.2. The lowest BCUT2D eigenvalue weighted by Gasteiger charge is -2.24. The summed E-state index contributed by atoms with van der Waals surface area (Å²) in [6.07, 6.45) is 3.24. The first-order valence-corrected chi connectivity index (χ1v) is 8.33. The first-order chi connectivity index (χ1) is 9.55. The summed E-state index contributed by atoms with van der Waals surface area (Å²) in [5.41, 5.74) is 0.756. The van der Waals surface area contributed by atoms with Crippen LogP contribution in [0.1, 0.15) is 0 Å². The average molecular weight is 294 g/mol. The molecule has 1 fully saturated rings. The van der Waals surface area contributed by atoms with Gasteiger partial charge in [-0.1, -0.05) is 24.3 Å². The van der Waals surface area contributed by atoms with E-state index in [0.29, 0.717) is 19.6 Å². The van der Waals surface area contributed by atoms with Gasteiger partial charge in [0.1, 0.15) is 0 Å². The number of carbonyl (C=O) groups excluding carboxylic acids is 1. The number of nitrogens with zero attached hydrogens (tertiary/aromatic N) is 1. The number of amides is 1. The number of rotatable bonds is 4. The Bertz CT molecular complexity index is 568. The smallest absolute Gasteiger partial charge is 0.248 e. The first kappa shape index (κ1) is 14.7. The van der Waals surface area contributed by atoms with Crippen molar-refractivity contribution in [3.63, 3.8) is 0 Å². The van der Waals surface area contributed by atoms with Gasteiger partial charge in [-0.3, -0.25) is 9.69 Å². The standard InChI is InChI=1S/C14H18N2O3S/c17-14(15-13-5-2-1-3-6-13)7-4-8-16-9-11-20(18,19)12-10-16/h1-7H,8-12H2,(H,15,17)/b7-4+. The second-order valence-corrected chi connectivity index (χ2v) is 7.01. The van der Waals surface area contributed by atoms with Crippen molar-refractivity contribution in [1.29, 1.82) is 0 Å². The molecule has 6 heteroatoms. The molecule has 0 bridgehead atoms. The number of anilines is 1. The zero-order chi connectivity index (χ0) is 14.4. The van der Waals surface area contributed by atoms with Crippen LogP contribution in [0.5, 0.6) is 0 Å². The Morgan fingerprint density at radius 2 is 1.85 bits per heavy atom. The van der Waals surface area contributed by atoms with Crippen LogP contribution in [0.4, 0.5) is 5.69 Å². The first-order valence-electron chi connectivity index (χ1n) is 6.50. The summed E-state index contributed by atoms with van der Waals surface area (Å²) >= 11 is 0. The second-order valence-electron chi connectivity index (χ2n) is 4.71. The molecule has 5 nitrogen and oxygen atoms in total. The quantitative estimate of drug-likeness (QED) is 0.838. The van der Waals surface area contributed by atoms with Crippen molar-refractivity contribution < 1.29 is 13.2 Å². The van der Waals surface area contributed by atoms with E-state index in [1.807, 2.05) is 35.2 Å². The lowest BCUT2D eigenvalue weighted by Crippen LogP contribution is -2.40. The van der Waals surface area contributed by atoms with Crippen LogP contribution in [-0.2, 0) is 14.6 Å². The Labute approximate surface area is 119 Å². The van der Waals surface area contributed by atoms with Crippen LogP contribution in [0.3, 0.4) is 0 Å². The van der Waals surface area contributed by atoms with E-state index in [0.717, 1.165) is 5.69 Å². The number of hydrogen-bond donors (Lipinski definition) is 1. The maximum Gasteiger partial charge on any atom is 0.248 e. The Morgan fingerprint density at radius 3 is 2.50 bits per heavy atom. The van der Waals surface area contributed by atoms with E-state index in [-0.39, 0.29) is 17.4 Å². The predicted molar refractivity (Wildman–Crippen MR) is 79.3 cm³/mol. The van der Waals surface area contributed by atoms with Crippen molar-refractivity contribution >= 4 is 21.4 Å². The number of sulfone groups is 1. The largest absolute Gasteiger partial charge is 0.323 e. The SMILES string of the molecule is O=C(/C=C/CN1CCS(=O)(=O)CC1)Nc1ccccc1. The van der Waals surface area contributed by atoms with Crippen molar-refractivity contribution in [2.24, 2.45) is 0 Å². The van der Waals surface area contributed by atoms with Crippen molar-refractivity contribution in [2.75, 3.05) is 36.5 Å². The maximum atomic E-state index is 11.6. The van der Waals surface area contributed by atoms with Gasteiger partial charge >= 0.3 is 0 Å². The number of hydrogen-bond acceptors (Lipinski definition) is 4. The fraction of sp³-hybridized carbons (Fsp3) is 0.357. The van der Waals surface area contributed by atoms with Gasteiger partial charge in [-0.05, 0) is 12.1 Å². The van der Waals surface area contributed by atoms with Crippen LogP contribution < -0.4 is 5.32 Å². The number of benzene rings is 1. The molecule has 2 rings (SSSR count). The van der Waals surface area contributed by atoms with Gasteiger partial charge in [0, 0.05) is 31.4 Å². The molecule has 1 aromatic rings. The van der Waals surface area contributed by atoms with Crippen LogP contribution in [-0.4, -0.2) is 50.4 Å². The van der Waals surface area contributed by atoms with Crippen LogP contribution in [0.15, 0.2) is 42.5 Å². The van der Waals surface area contributed by atoms with Gasteiger partial charge in [-0.25, -0.2) is 8.42 Å². The van der Waals surface area contributed by atoms with E-state index in [9.17, 15) is 13.2 Å². The highest BCUT2D eigenvalue weighted by Gasteiger charge is 2.20. The van der Waals surface area contributed by atoms with Gasteiger partial charge in [0.2, 0.25) is 5.91 Å². The summed E-state index contributed by atoms with van der Waals surface area (Å²) in [7, 11) is -2.84. The van der Waals surface area contributed by atoms with Gasteiger partial charge in [0.25, 0.3) is 0 Å². The molecular weight excluding hydrogens is 276 g/mol. The molecule has 1 aliphatic rings. The summed E-state index contributed by atoms with van der Waals surface area (Å²) in [5.74, 6) is 0.231. The third-order valence-electron chi connectivity index (χ3n) is 3.11. The van der Waals surface area contributed by atoms with E-state index in [4.69, 9.17) is 0 Å². The highest BCUT2D eigenvalue weighted by Crippen LogP contribution is 2.05. The van der Waals surface area contributed by atoms with Crippen molar-refractivity contribution in [3.8, 4) is 0 Å². The highest BCUT2D eigenvalue weighted by molar-refractivity contribution is 7.91. The molecule has 20 heavy (non-hydrogen) atoms. The van der Waals surface area contributed by atoms with Crippen molar-refractivity contribution in [1.82, 2.24) is 4.90 Å². The monoisotopic (exact) mass is 294 g/mol. The molecule has 1 aliphatic heterocycles. The Balaban J connectivity index is 1.75. The second kappa shape index (κ2) is 6.67. The van der Waals surface area contributed by atoms with Crippen LogP contribution in [0, 0.1) is 0 Å². The molecule has 1 saturated heterocycles. The molecule has 0 spiro atoms. The lowest BCUT2D eigenvalue weighted by atomic mass is 10.3. The van der Waals surface area contributed by atoms with E-state index in [1.54, 1.807) is 6.08 Å². The number of para-hydroxylation sites is 1. The van der Waals surface area contributed by atoms with Gasteiger partial charge in [-0.15, -0.1) is 0 Å². The van der Waals surface area contributed by atoms with Gasteiger partial charge in [-0.2, -0.15) is 0 Å². The summed E-state index contributed by atoms with van der Waals surface area (Å²) in [5, 5.41) is 2.75. The van der Waals surface area contributed by atoms with Gasteiger partial charge < -0.3 is 5.32 Å². The molecule has 108 valence electrons. The summed E-state index contributed by atoms with van der Waals surface area (Å²) in [6.45, 7) is 1.66. The lowest BCUT2D eigenvalue weighted by molar-refractivity contribution is -0.111. The maximum absolute atomic E-state index is 11.6. The fourth-order valence-electron chi connectivity index (χ4n) is 1.95. The summed E-state index contributed by atoms with van der Waals surface area (Å²) in [6, 6.07) is 9.24. The third-order valence-corrected chi connectivity index (χ3v) is 4.72. The Kier molecular flexibility index (Phi) is 4.92. The zero-order valence-corrected chi connectivity index (χ0v) is 12.0. The fourth-order valence-corrected chi connectivity index (χ4v) is 3.22. The minimum Gasteiger partial charge on any atom is -0.323 e. The zero-order valence-electron chi connectivity index (χ0n) is 11.2. The van der Waals surface area contributed by atoms with E-state index >= 15 is 0 Å². The molecule has 0 radical (unpaired) electrons. The molecule has 1 N–H and O–H groups in total. The molecular formula is C14H18N2O3S. The molecule has 1 aromatic carbocycles. The summed E-state index contributed by atoms with van der Waals surface area (Å²) in [4.78, 5) is 13.7. The van der Waals surface area contributed by atoms with Gasteiger partial charge in [0.15, 0.2) is 9.84 Å². The Hall–Kier alpha value is -1.66. The molecule has 1 amide bonds. The van der Waals surface area contributed by atoms with Crippen molar-refractivity contribution in [2.45, 2.75) is 0 Å². The van der Waals surface area contributed by atoms with E-state index in [2.05, 4.69) is 5.32 Å². The van der Waals surface area contributed by atoms with Gasteiger partial charge in [0.05, 0.1) is 11.5 Å². The predicted octanol–water partition coefficient (Wildman–Crippen LogP) is 0.912. The molecule has 0 aliphatic carbocycles. The molecule has 0 atom stereocenters. The average Bonchev–Trinajstić information content (AvgIpc) is 2.42. The molecule has 0 unspecified atom stereocenters. The minimum absolute atomic E-state index is 0.180. The molecule has 0 saturated carbocycles. The molecule has 0 aromatic heterocycles. The van der Waals surface area contributed by atoms with Crippen molar-refractivity contribution in [3.05, 3.63) is 42.5 Å². The normalized spacial score (nSPS) is 19.0. The van der Waals surface area contributed by atoms with Crippen LogP contribution in [0.2, 0.25) is 0 Å². The number of carbonyl (C=O) groups is 1. The summed E-state index contributed by atoms with van der Waals surface area (Å²) < 4.78 is 22.5. The van der Waals surface area contributed by atoms with Crippen LogP contribution >= 0.6 is 0 Å². The number of nitrogens with one attached hydrogen (secondary N) is 1. The molecule has 1 heterocycles. The third kappa shape index (κ3) is 4.79. The Morgan fingerprint density at radius 1 is 1.20 bits per heavy atom. The van der Waals surface area contributed by atoms with E-state index < -0.39 is 9.84 Å². The minimum atomic E-state index is -2.84. The topological polar surface area (TPSA) is 66.5 Å².